The van der Waals surface area contributed by atoms with Gasteiger partial charge in [-0.2, -0.15) is 4.68 Å². The molecular weight excluding hydrogens is 401 g/mol. The molecule has 7 nitrogen and oxygen atoms in total. The van der Waals surface area contributed by atoms with E-state index in [4.69, 9.17) is 32.7 Å². The number of methoxy groups -OCH3 is 2. The summed E-state index contributed by atoms with van der Waals surface area (Å²) in [7, 11) is 3.32. The molecule has 1 unspecified atom stereocenters. The van der Waals surface area contributed by atoms with Gasteiger partial charge in [-0.3, -0.25) is 0 Å². The maximum absolute atomic E-state index is 6.32. The molecule has 1 aliphatic carbocycles. The molecule has 28 heavy (non-hydrogen) atoms. The molecule has 0 radical (unpaired) electrons. The Morgan fingerprint density at radius 3 is 2.82 bits per heavy atom. The first-order valence-electron chi connectivity index (χ1n) is 8.84. The standard InChI is InChI=1S/C19H19Cl2N5O2/c1-27-15-9-8-11-6-7-12(16(11)18(15)28-2)10-22-19-23-24-25-26(19)14-5-3-4-13(20)17(14)21/h3-5,8-9,12H,6-7,10H2,1-2H3,(H,22,23,25). The Morgan fingerprint density at radius 1 is 1.18 bits per heavy atom. The average molecular weight is 420 g/mol. The summed E-state index contributed by atoms with van der Waals surface area (Å²) >= 11 is 12.4. The lowest BCUT2D eigenvalue weighted by Gasteiger charge is -2.18. The number of nitrogens with one attached hydrogen (secondary N) is 1. The first-order valence-corrected chi connectivity index (χ1v) is 9.60. The second-order valence-corrected chi connectivity index (χ2v) is 7.26. The minimum Gasteiger partial charge on any atom is -0.493 e. The molecule has 1 heterocycles. The third-order valence-corrected chi connectivity index (χ3v) is 5.79. The zero-order chi connectivity index (χ0) is 19.7. The Bertz CT molecular complexity index is 1010. The summed E-state index contributed by atoms with van der Waals surface area (Å²) in [6.07, 6.45) is 2.00. The molecular formula is C19H19Cl2N5O2. The summed E-state index contributed by atoms with van der Waals surface area (Å²) in [6, 6.07) is 9.40. The number of fused-ring (bicyclic) bond motifs is 1. The van der Waals surface area contributed by atoms with Crippen molar-refractivity contribution in [1.29, 1.82) is 0 Å². The van der Waals surface area contributed by atoms with Gasteiger partial charge in [0, 0.05) is 18.0 Å². The van der Waals surface area contributed by atoms with E-state index < -0.39 is 0 Å². The van der Waals surface area contributed by atoms with Gasteiger partial charge in [0.2, 0.25) is 5.95 Å². The molecule has 1 atom stereocenters. The Labute approximate surface area is 172 Å². The maximum Gasteiger partial charge on any atom is 0.247 e. The normalized spacial score (nSPS) is 15.4. The van der Waals surface area contributed by atoms with Crippen LogP contribution in [0.2, 0.25) is 10.0 Å². The number of rotatable bonds is 6. The summed E-state index contributed by atoms with van der Waals surface area (Å²) in [6.45, 7) is 0.648. The van der Waals surface area contributed by atoms with E-state index in [1.807, 2.05) is 12.1 Å². The fourth-order valence-electron chi connectivity index (χ4n) is 3.67. The van der Waals surface area contributed by atoms with E-state index in [0.29, 0.717) is 28.2 Å². The smallest absolute Gasteiger partial charge is 0.247 e. The van der Waals surface area contributed by atoms with E-state index in [9.17, 15) is 0 Å². The molecule has 0 saturated heterocycles. The van der Waals surface area contributed by atoms with Gasteiger partial charge in [-0.15, -0.1) is 0 Å². The van der Waals surface area contributed by atoms with E-state index >= 15 is 0 Å². The molecule has 1 aliphatic rings. The molecule has 4 rings (SSSR count). The van der Waals surface area contributed by atoms with Crippen molar-refractivity contribution in [3.63, 3.8) is 0 Å². The first-order chi connectivity index (χ1) is 13.6. The number of aromatic nitrogens is 4. The van der Waals surface area contributed by atoms with Crippen LogP contribution < -0.4 is 14.8 Å². The van der Waals surface area contributed by atoms with E-state index in [1.54, 1.807) is 31.0 Å². The summed E-state index contributed by atoms with van der Waals surface area (Å²) in [5.41, 5.74) is 3.07. The molecule has 0 bridgehead atoms. The predicted molar refractivity (Wildman–Crippen MR) is 108 cm³/mol. The van der Waals surface area contributed by atoms with Crippen molar-refractivity contribution in [2.75, 3.05) is 26.1 Å². The Kier molecular flexibility index (Phi) is 5.28. The lowest BCUT2D eigenvalue weighted by Crippen LogP contribution is -2.15. The number of benzene rings is 2. The fourth-order valence-corrected chi connectivity index (χ4v) is 4.04. The van der Waals surface area contributed by atoms with Gasteiger partial charge in [0.1, 0.15) is 0 Å². The third kappa shape index (κ3) is 3.25. The van der Waals surface area contributed by atoms with Crippen molar-refractivity contribution in [3.05, 3.63) is 51.5 Å². The SMILES string of the molecule is COc1ccc2c(c1OC)C(CNc1nnnn1-c1cccc(Cl)c1Cl)CC2. The molecule has 0 fully saturated rings. The minimum absolute atomic E-state index is 0.250. The van der Waals surface area contributed by atoms with Crippen molar-refractivity contribution < 1.29 is 9.47 Å². The van der Waals surface area contributed by atoms with Gasteiger partial charge < -0.3 is 14.8 Å². The van der Waals surface area contributed by atoms with Crippen LogP contribution in [0, 0.1) is 0 Å². The topological polar surface area (TPSA) is 74.1 Å². The Morgan fingerprint density at radius 2 is 2.04 bits per heavy atom. The second kappa shape index (κ2) is 7.85. The van der Waals surface area contributed by atoms with Crippen LogP contribution in [0.1, 0.15) is 23.5 Å². The van der Waals surface area contributed by atoms with Crippen LogP contribution >= 0.6 is 23.2 Å². The van der Waals surface area contributed by atoms with Crippen LogP contribution in [-0.4, -0.2) is 41.0 Å². The summed E-state index contributed by atoms with van der Waals surface area (Å²) in [5.74, 6) is 2.28. The van der Waals surface area contributed by atoms with E-state index in [0.717, 1.165) is 24.3 Å². The lowest BCUT2D eigenvalue weighted by atomic mass is 9.99. The molecule has 0 saturated carbocycles. The fraction of sp³-hybridized carbons (Fsp3) is 0.316. The zero-order valence-electron chi connectivity index (χ0n) is 15.4. The molecule has 2 aromatic carbocycles. The number of hydrogen-bond acceptors (Lipinski definition) is 6. The van der Waals surface area contributed by atoms with Gasteiger partial charge in [-0.25, -0.2) is 0 Å². The van der Waals surface area contributed by atoms with Gasteiger partial charge >= 0.3 is 0 Å². The highest BCUT2D eigenvalue weighted by atomic mass is 35.5. The van der Waals surface area contributed by atoms with Gasteiger partial charge in [-0.1, -0.05) is 40.4 Å². The van der Waals surface area contributed by atoms with Crippen molar-refractivity contribution >= 4 is 29.2 Å². The second-order valence-electron chi connectivity index (χ2n) is 6.48. The van der Waals surface area contributed by atoms with Crippen LogP contribution in [0.25, 0.3) is 5.69 Å². The van der Waals surface area contributed by atoms with Gasteiger partial charge in [-0.05, 0) is 47.0 Å². The molecule has 0 amide bonds. The number of tetrazole rings is 1. The van der Waals surface area contributed by atoms with Gasteiger partial charge in [0.25, 0.3) is 0 Å². The Balaban J connectivity index is 1.59. The number of ether oxygens (including phenoxy) is 2. The quantitative estimate of drug-likeness (QED) is 0.647. The molecule has 0 aliphatic heterocycles. The number of hydrogen-bond donors (Lipinski definition) is 1. The average Bonchev–Trinajstić information content (AvgIpc) is 3.34. The highest BCUT2D eigenvalue weighted by molar-refractivity contribution is 6.43. The number of anilines is 1. The lowest BCUT2D eigenvalue weighted by molar-refractivity contribution is 0.350. The van der Waals surface area contributed by atoms with E-state index in [1.165, 1.54) is 11.1 Å². The van der Waals surface area contributed by atoms with E-state index in [2.05, 4.69) is 26.9 Å². The highest BCUT2D eigenvalue weighted by Gasteiger charge is 2.29. The number of halogens is 2. The summed E-state index contributed by atoms with van der Waals surface area (Å²) in [5, 5.41) is 16.1. The van der Waals surface area contributed by atoms with Crippen molar-refractivity contribution in [3.8, 4) is 17.2 Å². The first kappa shape index (κ1) is 18.8. The van der Waals surface area contributed by atoms with Crippen LogP contribution in [0.5, 0.6) is 11.5 Å². The predicted octanol–water partition coefficient (Wildman–Crippen LogP) is 4.13. The molecule has 1 N–H and O–H groups in total. The molecule has 1 aromatic heterocycles. The van der Waals surface area contributed by atoms with Crippen molar-refractivity contribution in [1.82, 2.24) is 20.2 Å². The van der Waals surface area contributed by atoms with E-state index in [-0.39, 0.29) is 5.92 Å². The van der Waals surface area contributed by atoms with Crippen molar-refractivity contribution in [2.45, 2.75) is 18.8 Å². The molecule has 3 aromatic rings. The van der Waals surface area contributed by atoms with Crippen LogP contribution in [0.3, 0.4) is 0 Å². The molecule has 9 heteroatoms. The number of aryl methyl sites for hydroxylation is 1. The summed E-state index contributed by atoms with van der Waals surface area (Å²) in [4.78, 5) is 0. The van der Waals surface area contributed by atoms with Gasteiger partial charge in [0.15, 0.2) is 11.5 Å². The van der Waals surface area contributed by atoms with Gasteiger partial charge in [0.05, 0.1) is 30.0 Å². The number of nitrogens with zero attached hydrogens (tertiary/aromatic N) is 4. The maximum atomic E-state index is 6.32. The monoisotopic (exact) mass is 419 g/mol. The molecule has 146 valence electrons. The highest BCUT2D eigenvalue weighted by Crippen LogP contribution is 2.44. The Hall–Kier alpha value is -2.51. The third-order valence-electron chi connectivity index (χ3n) is 4.98. The van der Waals surface area contributed by atoms with Crippen molar-refractivity contribution in [2.24, 2.45) is 0 Å². The zero-order valence-corrected chi connectivity index (χ0v) is 17.0. The van der Waals surface area contributed by atoms with Crippen LogP contribution in [0.15, 0.2) is 30.3 Å². The van der Waals surface area contributed by atoms with Crippen LogP contribution in [0.4, 0.5) is 5.95 Å². The molecule has 0 spiro atoms. The summed E-state index contributed by atoms with van der Waals surface area (Å²) < 4.78 is 12.6. The van der Waals surface area contributed by atoms with Crippen LogP contribution in [-0.2, 0) is 6.42 Å². The minimum atomic E-state index is 0.250. The largest absolute Gasteiger partial charge is 0.493 e.